The van der Waals surface area contributed by atoms with E-state index in [0.717, 1.165) is 28.1 Å². The second-order valence-corrected chi connectivity index (χ2v) is 9.92. The van der Waals surface area contributed by atoms with Gasteiger partial charge in [-0.2, -0.15) is 5.10 Å². The predicted molar refractivity (Wildman–Crippen MR) is 150 cm³/mol. The maximum atomic E-state index is 16.3. The molecule has 0 unspecified atom stereocenters. The van der Waals surface area contributed by atoms with Crippen molar-refractivity contribution in [1.29, 1.82) is 0 Å². The Morgan fingerprint density at radius 3 is 2.76 bits per heavy atom. The second-order valence-electron chi connectivity index (χ2n) is 8.97. The van der Waals surface area contributed by atoms with Crippen molar-refractivity contribution in [2.24, 2.45) is 7.05 Å². The van der Waals surface area contributed by atoms with Crippen molar-refractivity contribution in [1.82, 2.24) is 34.6 Å². The number of fused-ring (bicyclic) bond motifs is 2. The molecule has 0 aliphatic rings. The number of rotatable bonds is 7. The summed E-state index contributed by atoms with van der Waals surface area (Å²) in [6.07, 6.45) is 11.3. The number of hydrogen-bond acceptors (Lipinski definition) is 6. The van der Waals surface area contributed by atoms with Crippen molar-refractivity contribution < 1.29 is 4.39 Å². The molecule has 5 aromatic rings. The number of thiophene rings is 1. The Kier molecular flexibility index (Phi) is 6.82. The van der Waals surface area contributed by atoms with E-state index in [1.54, 1.807) is 35.5 Å². The van der Waals surface area contributed by atoms with Crippen LogP contribution >= 0.6 is 11.3 Å². The lowest BCUT2D eigenvalue weighted by Crippen LogP contribution is -2.14. The lowest BCUT2D eigenvalue weighted by atomic mass is 10.0. The van der Waals surface area contributed by atoms with Gasteiger partial charge in [-0.05, 0) is 62.7 Å². The highest BCUT2D eigenvalue weighted by molar-refractivity contribution is 7.13. The zero-order chi connectivity index (χ0) is 26.1. The Balaban J connectivity index is 1.67. The first-order chi connectivity index (χ1) is 17.9. The molecule has 5 rings (SSSR count). The quantitative estimate of drug-likeness (QED) is 0.261. The van der Waals surface area contributed by atoms with E-state index in [1.165, 1.54) is 0 Å². The number of aromatic amines is 1. The molecule has 0 amide bonds. The molecule has 0 aliphatic carbocycles. The molecular weight excluding hydrogens is 485 g/mol. The van der Waals surface area contributed by atoms with Gasteiger partial charge in [0.15, 0.2) is 17.3 Å². The molecule has 0 saturated heterocycles. The molecule has 5 heterocycles. The molecule has 0 saturated carbocycles. The summed E-state index contributed by atoms with van der Waals surface area (Å²) in [6, 6.07) is 6.02. The molecule has 9 heteroatoms. The van der Waals surface area contributed by atoms with Gasteiger partial charge in [0.25, 0.3) is 0 Å². The largest absolute Gasteiger partial charge is 0.335 e. The molecule has 0 atom stereocenters. The van der Waals surface area contributed by atoms with Gasteiger partial charge in [-0.1, -0.05) is 24.3 Å². The fourth-order valence-corrected chi connectivity index (χ4v) is 5.20. The van der Waals surface area contributed by atoms with Crippen LogP contribution in [-0.4, -0.2) is 55.3 Å². The standard InChI is InChI=1S/C28H28FN7S/c1-6-9-17(16-35(3)4)14-18(7-2)24-23(29)22-20(15-31-24)36(5)34-26(22)28-32-25-19(21-10-8-13-37-21)11-12-30-27(25)33-28/h6-15H,16H2,1-5H3,(H,30,32,33)/b9-6+,17-14+,18-7+. The van der Waals surface area contributed by atoms with E-state index in [4.69, 9.17) is 4.98 Å². The van der Waals surface area contributed by atoms with Crippen molar-refractivity contribution in [2.75, 3.05) is 20.6 Å². The van der Waals surface area contributed by atoms with Gasteiger partial charge in [-0.3, -0.25) is 9.67 Å². The number of allylic oxidation sites excluding steroid dienone is 4. The van der Waals surface area contributed by atoms with E-state index < -0.39 is 5.82 Å². The first-order valence-corrected chi connectivity index (χ1v) is 12.8. The number of nitrogens with one attached hydrogen (secondary N) is 1. The average Bonchev–Trinajstić information content (AvgIpc) is 3.61. The van der Waals surface area contributed by atoms with Crippen LogP contribution in [0.25, 0.3) is 49.6 Å². The van der Waals surface area contributed by atoms with Crippen LogP contribution in [0.1, 0.15) is 19.5 Å². The minimum atomic E-state index is -0.429. The van der Waals surface area contributed by atoms with Gasteiger partial charge < -0.3 is 9.88 Å². The lowest BCUT2D eigenvalue weighted by molar-refractivity contribution is 0.449. The van der Waals surface area contributed by atoms with Gasteiger partial charge in [0.2, 0.25) is 0 Å². The van der Waals surface area contributed by atoms with Crippen LogP contribution in [0.2, 0.25) is 0 Å². The third kappa shape index (κ3) is 4.63. The fourth-order valence-electron chi connectivity index (χ4n) is 4.44. The third-order valence-electron chi connectivity index (χ3n) is 6.04. The van der Waals surface area contributed by atoms with Crippen LogP contribution < -0.4 is 0 Å². The minimum Gasteiger partial charge on any atom is -0.335 e. The molecule has 0 fully saturated rings. The molecule has 0 radical (unpaired) electrons. The number of likely N-dealkylation sites (N-methyl/N-ethyl adjacent to an activating group) is 1. The Morgan fingerprint density at radius 2 is 2.05 bits per heavy atom. The fraction of sp³-hybridized carbons (Fsp3) is 0.214. The van der Waals surface area contributed by atoms with E-state index in [2.05, 4.69) is 31.0 Å². The van der Waals surface area contributed by atoms with Crippen molar-refractivity contribution in [3.63, 3.8) is 0 Å². The molecule has 0 bridgehead atoms. The van der Waals surface area contributed by atoms with Crippen LogP contribution in [0.4, 0.5) is 4.39 Å². The van der Waals surface area contributed by atoms with Gasteiger partial charge in [-0.15, -0.1) is 11.3 Å². The Labute approximate surface area is 218 Å². The molecule has 0 aromatic carbocycles. The number of H-pyrrole nitrogens is 1. The third-order valence-corrected chi connectivity index (χ3v) is 6.95. The van der Waals surface area contributed by atoms with Gasteiger partial charge in [-0.25, -0.2) is 14.4 Å². The topological polar surface area (TPSA) is 75.5 Å². The van der Waals surface area contributed by atoms with E-state index in [9.17, 15) is 0 Å². The Hall–Kier alpha value is -3.95. The number of pyridine rings is 2. The molecule has 37 heavy (non-hydrogen) atoms. The summed E-state index contributed by atoms with van der Waals surface area (Å²) in [5.74, 6) is 0.0365. The summed E-state index contributed by atoms with van der Waals surface area (Å²) < 4.78 is 17.9. The summed E-state index contributed by atoms with van der Waals surface area (Å²) in [5, 5.41) is 7.03. The number of aryl methyl sites for hydroxylation is 1. The van der Waals surface area contributed by atoms with Crippen molar-refractivity contribution in [2.45, 2.75) is 13.8 Å². The normalized spacial score (nSPS) is 13.2. The van der Waals surface area contributed by atoms with Crippen molar-refractivity contribution in [3.8, 4) is 22.0 Å². The van der Waals surface area contributed by atoms with E-state index in [-0.39, 0.29) is 5.69 Å². The molecular formula is C28H28FN7S. The monoisotopic (exact) mass is 513 g/mol. The van der Waals surface area contributed by atoms with Crippen molar-refractivity contribution >= 4 is 39.0 Å². The Bertz CT molecular complexity index is 1670. The molecule has 0 aliphatic heterocycles. The number of hydrogen-bond donors (Lipinski definition) is 1. The van der Waals surface area contributed by atoms with E-state index in [0.29, 0.717) is 33.6 Å². The SMILES string of the molecule is C/C=C/C(=C\C(=C/C)c1ncc2c(c(-c3nc4nccc(-c5cccs5)c4[nH]3)nn2C)c1F)CN(C)C. The summed E-state index contributed by atoms with van der Waals surface area (Å²) in [5.41, 5.74) is 5.41. The summed E-state index contributed by atoms with van der Waals surface area (Å²) in [7, 11) is 5.79. The summed E-state index contributed by atoms with van der Waals surface area (Å²) >= 11 is 1.64. The average molecular weight is 514 g/mol. The maximum absolute atomic E-state index is 16.3. The van der Waals surface area contributed by atoms with Gasteiger partial charge in [0.1, 0.15) is 11.4 Å². The lowest BCUT2D eigenvalue weighted by Gasteiger charge is -2.12. The van der Waals surface area contributed by atoms with Gasteiger partial charge >= 0.3 is 0 Å². The van der Waals surface area contributed by atoms with E-state index in [1.807, 2.05) is 69.8 Å². The highest BCUT2D eigenvalue weighted by atomic mass is 32.1. The predicted octanol–water partition coefficient (Wildman–Crippen LogP) is 6.24. The van der Waals surface area contributed by atoms with Crippen LogP contribution in [-0.2, 0) is 7.05 Å². The number of nitrogens with zero attached hydrogens (tertiary/aromatic N) is 6. The van der Waals surface area contributed by atoms with Gasteiger partial charge in [0.05, 0.1) is 22.6 Å². The second kappa shape index (κ2) is 10.2. The zero-order valence-corrected chi connectivity index (χ0v) is 22.3. The highest BCUT2D eigenvalue weighted by Gasteiger charge is 2.23. The van der Waals surface area contributed by atoms with Crippen LogP contribution in [0.3, 0.4) is 0 Å². The number of aromatic nitrogens is 6. The van der Waals surface area contributed by atoms with Crippen molar-refractivity contribution in [3.05, 3.63) is 77.4 Å². The summed E-state index contributed by atoms with van der Waals surface area (Å²) in [4.78, 5) is 20.2. The highest BCUT2D eigenvalue weighted by Crippen LogP contribution is 2.35. The number of imidazole rings is 1. The first kappa shape index (κ1) is 24.7. The number of halogens is 1. The van der Waals surface area contributed by atoms with Crippen LogP contribution in [0.5, 0.6) is 0 Å². The van der Waals surface area contributed by atoms with Crippen LogP contribution in [0.15, 0.2) is 65.9 Å². The maximum Gasteiger partial charge on any atom is 0.178 e. The molecule has 7 nitrogen and oxygen atoms in total. The Morgan fingerprint density at radius 1 is 1.22 bits per heavy atom. The minimum absolute atomic E-state index is 0.276. The summed E-state index contributed by atoms with van der Waals surface area (Å²) in [6.45, 7) is 4.58. The molecule has 0 spiro atoms. The molecule has 1 N–H and O–H groups in total. The van der Waals surface area contributed by atoms with Crippen LogP contribution in [0, 0.1) is 5.82 Å². The smallest absolute Gasteiger partial charge is 0.178 e. The molecule has 5 aromatic heterocycles. The first-order valence-electron chi connectivity index (χ1n) is 12.0. The zero-order valence-electron chi connectivity index (χ0n) is 21.5. The molecule has 188 valence electrons. The van der Waals surface area contributed by atoms with E-state index >= 15 is 4.39 Å². The van der Waals surface area contributed by atoms with Gasteiger partial charge in [0, 0.05) is 30.2 Å².